The summed E-state index contributed by atoms with van der Waals surface area (Å²) in [6.07, 6.45) is 4.13. The van der Waals surface area contributed by atoms with Gasteiger partial charge in [-0.25, -0.2) is 0 Å². The molecule has 3 nitrogen and oxygen atoms in total. The molecule has 1 rings (SSSR count). The summed E-state index contributed by atoms with van der Waals surface area (Å²) >= 11 is 0. The highest BCUT2D eigenvalue weighted by Crippen LogP contribution is 2.60. The first-order chi connectivity index (χ1) is 10.5. The van der Waals surface area contributed by atoms with Gasteiger partial charge in [0, 0.05) is 23.6 Å². The van der Waals surface area contributed by atoms with Gasteiger partial charge in [0.05, 0.1) is 0 Å². The zero-order valence-corrected chi connectivity index (χ0v) is 17.2. The Morgan fingerprint density at radius 2 is 1.57 bits per heavy atom. The zero-order chi connectivity index (χ0) is 17.8. The standard InChI is InChI=1S/C19H36N3P/c1-9-22(10-2)13-16-11-15(20)12-17(21-16)14-23(18(3,4)5)19(6,7)8/h11-12,14,21H,9-10,13,20H2,1-8H3/b17-14+. The van der Waals surface area contributed by atoms with Gasteiger partial charge < -0.3 is 11.1 Å². The van der Waals surface area contributed by atoms with Crippen molar-refractivity contribution < 1.29 is 0 Å². The second-order valence-corrected chi connectivity index (χ2v) is 11.9. The zero-order valence-electron chi connectivity index (χ0n) is 16.3. The van der Waals surface area contributed by atoms with Crippen LogP contribution in [0.3, 0.4) is 0 Å². The Morgan fingerprint density at radius 1 is 1.04 bits per heavy atom. The number of dihydropyridines is 1. The molecular formula is C19H36N3P. The largest absolute Gasteiger partial charge is 0.399 e. The van der Waals surface area contributed by atoms with Gasteiger partial charge in [-0.2, -0.15) is 0 Å². The first-order valence-corrected chi connectivity index (χ1v) is 10.1. The van der Waals surface area contributed by atoms with Gasteiger partial charge in [0.15, 0.2) is 0 Å². The average Bonchev–Trinajstić information content (AvgIpc) is 2.39. The van der Waals surface area contributed by atoms with Crippen LogP contribution in [0, 0.1) is 0 Å². The molecule has 1 heterocycles. The fourth-order valence-corrected chi connectivity index (χ4v) is 6.26. The van der Waals surface area contributed by atoms with Crippen molar-refractivity contribution in [2.24, 2.45) is 5.73 Å². The minimum absolute atomic E-state index is 0.269. The smallest absolute Gasteiger partial charge is 0.0408 e. The molecular weight excluding hydrogens is 301 g/mol. The van der Waals surface area contributed by atoms with Crippen LogP contribution in [0.2, 0.25) is 0 Å². The number of hydrogen-bond donors (Lipinski definition) is 2. The minimum Gasteiger partial charge on any atom is -0.399 e. The molecule has 0 bridgehead atoms. The van der Waals surface area contributed by atoms with Crippen molar-refractivity contribution in [3.8, 4) is 0 Å². The van der Waals surface area contributed by atoms with Gasteiger partial charge in [0.2, 0.25) is 0 Å². The Bertz CT molecular complexity index is 472. The molecule has 132 valence electrons. The maximum Gasteiger partial charge on any atom is 0.0408 e. The highest BCUT2D eigenvalue weighted by molar-refractivity contribution is 7.64. The first-order valence-electron chi connectivity index (χ1n) is 8.65. The van der Waals surface area contributed by atoms with Crippen molar-refractivity contribution >= 4 is 7.92 Å². The van der Waals surface area contributed by atoms with Gasteiger partial charge in [-0.15, -0.1) is 0 Å². The third-order valence-corrected chi connectivity index (χ3v) is 7.40. The van der Waals surface area contributed by atoms with Crippen LogP contribution >= 0.6 is 7.92 Å². The number of nitrogens with two attached hydrogens (primary N) is 1. The summed E-state index contributed by atoms with van der Waals surface area (Å²) in [6, 6.07) is 0. The Balaban J connectivity index is 3.03. The van der Waals surface area contributed by atoms with E-state index in [-0.39, 0.29) is 18.2 Å². The van der Waals surface area contributed by atoms with Gasteiger partial charge in [-0.3, -0.25) is 4.90 Å². The van der Waals surface area contributed by atoms with E-state index < -0.39 is 0 Å². The number of allylic oxidation sites excluding steroid dienone is 2. The summed E-state index contributed by atoms with van der Waals surface area (Å²) in [5.74, 6) is 2.43. The molecule has 1 aliphatic heterocycles. The number of hydrogen-bond acceptors (Lipinski definition) is 3. The summed E-state index contributed by atoms with van der Waals surface area (Å²) in [4.78, 5) is 2.39. The van der Waals surface area contributed by atoms with Gasteiger partial charge in [0.25, 0.3) is 0 Å². The molecule has 0 spiro atoms. The molecule has 23 heavy (non-hydrogen) atoms. The SMILES string of the molecule is CCN(CC)CC1=CC(N)=C/C(=C\P(C(C)(C)C)C(C)(C)C)N1. The maximum absolute atomic E-state index is 6.16. The lowest BCUT2D eigenvalue weighted by atomic mass is 10.2. The molecule has 0 atom stereocenters. The number of nitrogens with zero attached hydrogens (tertiary/aromatic N) is 1. The third-order valence-electron chi connectivity index (χ3n) is 3.97. The van der Waals surface area contributed by atoms with Crippen molar-refractivity contribution in [3.05, 3.63) is 35.1 Å². The number of likely N-dealkylation sites (N-methyl/N-ethyl adjacent to an activating group) is 1. The second kappa shape index (κ2) is 7.85. The lowest BCUT2D eigenvalue weighted by Crippen LogP contribution is -2.32. The summed E-state index contributed by atoms with van der Waals surface area (Å²) < 4.78 is 0. The summed E-state index contributed by atoms with van der Waals surface area (Å²) in [5.41, 5.74) is 9.35. The van der Waals surface area contributed by atoms with E-state index in [1.165, 1.54) is 5.70 Å². The van der Waals surface area contributed by atoms with E-state index in [1.807, 2.05) is 0 Å². The molecule has 0 fully saturated rings. The molecule has 0 radical (unpaired) electrons. The lowest BCUT2D eigenvalue weighted by molar-refractivity contribution is 0.325. The average molecular weight is 337 g/mol. The molecule has 1 aliphatic rings. The van der Waals surface area contributed by atoms with Crippen LogP contribution < -0.4 is 11.1 Å². The van der Waals surface area contributed by atoms with Gasteiger partial charge in [-0.1, -0.05) is 63.3 Å². The third kappa shape index (κ3) is 6.31. The van der Waals surface area contributed by atoms with Crippen molar-refractivity contribution in [2.75, 3.05) is 19.6 Å². The quantitative estimate of drug-likeness (QED) is 0.722. The Labute approximate surface area is 144 Å². The van der Waals surface area contributed by atoms with Crippen LogP contribution in [0.25, 0.3) is 0 Å². The number of rotatable bonds is 5. The molecule has 0 aromatic rings. The van der Waals surface area contributed by atoms with E-state index in [1.54, 1.807) is 0 Å². The van der Waals surface area contributed by atoms with Crippen LogP contribution in [0.1, 0.15) is 55.4 Å². The van der Waals surface area contributed by atoms with Crippen molar-refractivity contribution in [1.82, 2.24) is 10.2 Å². The fourth-order valence-electron chi connectivity index (χ4n) is 3.06. The highest BCUT2D eigenvalue weighted by atomic mass is 31.1. The summed E-state index contributed by atoms with van der Waals surface area (Å²) in [7, 11) is -0.297. The second-order valence-electron chi connectivity index (χ2n) is 8.20. The molecule has 0 amide bonds. The van der Waals surface area contributed by atoms with Crippen LogP contribution in [0.5, 0.6) is 0 Å². The molecule has 3 N–H and O–H groups in total. The topological polar surface area (TPSA) is 41.3 Å². The van der Waals surface area contributed by atoms with Crippen LogP contribution in [-0.2, 0) is 0 Å². The molecule has 0 unspecified atom stereocenters. The first kappa shape index (κ1) is 20.3. The fraction of sp³-hybridized carbons (Fsp3) is 0.684. The molecule has 0 aliphatic carbocycles. The monoisotopic (exact) mass is 337 g/mol. The maximum atomic E-state index is 6.16. The molecule has 0 aromatic carbocycles. The van der Waals surface area contributed by atoms with E-state index in [0.717, 1.165) is 31.0 Å². The normalized spacial score (nSPS) is 18.3. The summed E-state index contributed by atoms with van der Waals surface area (Å²) in [5, 5.41) is 4.14. The van der Waals surface area contributed by atoms with Gasteiger partial charge >= 0.3 is 0 Å². The van der Waals surface area contributed by atoms with E-state index in [9.17, 15) is 0 Å². The Hall–Kier alpha value is -0.790. The van der Waals surface area contributed by atoms with E-state index in [2.05, 4.69) is 83.6 Å². The van der Waals surface area contributed by atoms with Crippen molar-refractivity contribution in [1.29, 1.82) is 0 Å². The van der Waals surface area contributed by atoms with Crippen molar-refractivity contribution in [2.45, 2.75) is 65.7 Å². The lowest BCUT2D eigenvalue weighted by Gasteiger charge is -2.40. The van der Waals surface area contributed by atoms with Crippen LogP contribution in [0.4, 0.5) is 0 Å². The highest BCUT2D eigenvalue weighted by Gasteiger charge is 2.33. The molecule has 0 aromatic heterocycles. The van der Waals surface area contributed by atoms with Crippen LogP contribution in [-0.4, -0.2) is 34.8 Å². The molecule has 0 saturated carbocycles. The minimum atomic E-state index is -0.297. The van der Waals surface area contributed by atoms with E-state index in [0.29, 0.717) is 0 Å². The number of nitrogens with one attached hydrogen (secondary N) is 1. The van der Waals surface area contributed by atoms with E-state index >= 15 is 0 Å². The Kier molecular flexibility index (Phi) is 6.92. The van der Waals surface area contributed by atoms with Gasteiger partial charge in [0.1, 0.15) is 0 Å². The predicted octanol–water partition coefficient (Wildman–Crippen LogP) is 4.58. The predicted molar refractivity (Wildman–Crippen MR) is 106 cm³/mol. The molecule has 4 heteroatoms. The Morgan fingerprint density at radius 3 is 2.00 bits per heavy atom. The van der Waals surface area contributed by atoms with Crippen molar-refractivity contribution in [3.63, 3.8) is 0 Å². The van der Waals surface area contributed by atoms with E-state index in [4.69, 9.17) is 5.73 Å². The molecule has 0 saturated heterocycles. The van der Waals surface area contributed by atoms with Crippen LogP contribution in [0.15, 0.2) is 35.1 Å². The van der Waals surface area contributed by atoms with Gasteiger partial charge in [-0.05, 0) is 41.4 Å². The summed E-state index contributed by atoms with van der Waals surface area (Å²) in [6.45, 7) is 21.4.